The van der Waals surface area contributed by atoms with Gasteiger partial charge in [0.1, 0.15) is 5.75 Å². The Balaban J connectivity index is 2.85. The topological polar surface area (TPSA) is 24.5 Å². The van der Waals surface area contributed by atoms with Gasteiger partial charge in [-0.15, -0.1) is 0 Å². The summed E-state index contributed by atoms with van der Waals surface area (Å²) in [5, 5.41) is 3.17. The summed E-state index contributed by atoms with van der Waals surface area (Å²) in [6.07, 6.45) is 1.13. The molecule has 0 radical (unpaired) electrons. The number of methoxy groups -OCH3 is 1. The summed E-state index contributed by atoms with van der Waals surface area (Å²) in [7, 11) is 5.84. The van der Waals surface area contributed by atoms with Gasteiger partial charge in [-0.2, -0.15) is 0 Å². The van der Waals surface area contributed by atoms with Crippen molar-refractivity contribution in [3.05, 3.63) is 23.8 Å². The molecule has 0 bridgehead atoms. The number of ether oxygens (including phenoxy) is 1. The minimum Gasteiger partial charge on any atom is -0.495 e. The van der Waals surface area contributed by atoms with Crippen molar-refractivity contribution in [2.45, 2.75) is 26.2 Å². The minimum atomic E-state index is 0.542. The standard InChI is InChI=1S/C15H26N2O/c1-12(2)13-7-8-15(18-5)14(11-13)17(4)10-6-9-16-3/h7-8,11-12,16H,6,9-10H2,1-5H3. The number of hydrogen-bond acceptors (Lipinski definition) is 3. The first kappa shape index (κ1) is 14.8. The number of nitrogens with one attached hydrogen (secondary N) is 1. The van der Waals surface area contributed by atoms with Gasteiger partial charge in [-0.1, -0.05) is 19.9 Å². The molecule has 0 fully saturated rings. The van der Waals surface area contributed by atoms with Crippen LogP contribution in [-0.4, -0.2) is 34.3 Å². The van der Waals surface area contributed by atoms with Crippen molar-refractivity contribution in [2.24, 2.45) is 0 Å². The van der Waals surface area contributed by atoms with Gasteiger partial charge in [0.2, 0.25) is 0 Å². The third kappa shape index (κ3) is 3.91. The highest BCUT2D eigenvalue weighted by molar-refractivity contribution is 5.60. The summed E-state index contributed by atoms with van der Waals surface area (Å²) in [4.78, 5) is 2.27. The van der Waals surface area contributed by atoms with Crippen molar-refractivity contribution in [3.63, 3.8) is 0 Å². The lowest BCUT2D eigenvalue weighted by Crippen LogP contribution is -2.22. The van der Waals surface area contributed by atoms with Crippen molar-refractivity contribution < 1.29 is 4.74 Å². The van der Waals surface area contributed by atoms with Crippen LogP contribution in [-0.2, 0) is 0 Å². The molecule has 0 saturated carbocycles. The maximum absolute atomic E-state index is 5.45. The van der Waals surface area contributed by atoms with Gasteiger partial charge in [-0.25, -0.2) is 0 Å². The Morgan fingerprint density at radius 2 is 2.06 bits per heavy atom. The van der Waals surface area contributed by atoms with Crippen LogP contribution in [0.1, 0.15) is 31.7 Å². The molecule has 102 valence electrons. The van der Waals surface area contributed by atoms with Crippen molar-refractivity contribution >= 4 is 5.69 Å². The molecular formula is C15H26N2O. The highest BCUT2D eigenvalue weighted by atomic mass is 16.5. The third-order valence-corrected chi connectivity index (χ3v) is 3.20. The van der Waals surface area contributed by atoms with E-state index in [4.69, 9.17) is 4.74 Å². The average Bonchev–Trinajstić information content (AvgIpc) is 2.38. The lowest BCUT2D eigenvalue weighted by Gasteiger charge is -2.23. The van der Waals surface area contributed by atoms with Crippen LogP contribution in [0.15, 0.2) is 18.2 Å². The summed E-state index contributed by atoms with van der Waals surface area (Å²) < 4.78 is 5.45. The summed E-state index contributed by atoms with van der Waals surface area (Å²) in [6, 6.07) is 6.45. The van der Waals surface area contributed by atoms with Crippen LogP contribution in [0.3, 0.4) is 0 Å². The molecular weight excluding hydrogens is 224 g/mol. The van der Waals surface area contributed by atoms with E-state index in [2.05, 4.69) is 49.3 Å². The SMILES string of the molecule is CNCCCN(C)c1cc(C(C)C)ccc1OC. The fraction of sp³-hybridized carbons (Fsp3) is 0.600. The Hall–Kier alpha value is -1.22. The Morgan fingerprint density at radius 1 is 1.33 bits per heavy atom. The van der Waals surface area contributed by atoms with E-state index >= 15 is 0 Å². The van der Waals surface area contributed by atoms with Gasteiger partial charge in [-0.05, 0) is 43.6 Å². The Morgan fingerprint density at radius 3 is 2.61 bits per heavy atom. The van der Waals surface area contributed by atoms with Crippen LogP contribution in [0, 0.1) is 0 Å². The van der Waals surface area contributed by atoms with Crippen molar-refractivity contribution in [3.8, 4) is 5.75 Å². The predicted octanol–water partition coefficient (Wildman–Crippen LogP) is 2.86. The van der Waals surface area contributed by atoms with Crippen LogP contribution in [0.2, 0.25) is 0 Å². The summed E-state index contributed by atoms with van der Waals surface area (Å²) in [5.74, 6) is 1.49. The van der Waals surface area contributed by atoms with Gasteiger partial charge >= 0.3 is 0 Å². The van der Waals surface area contributed by atoms with Crippen molar-refractivity contribution in [1.29, 1.82) is 0 Å². The highest BCUT2D eigenvalue weighted by Gasteiger charge is 2.10. The highest BCUT2D eigenvalue weighted by Crippen LogP contribution is 2.31. The third-order valence-electron chi connectivity index (χ3n) is 3.20. The van der Waals surface area contributed by atoms with E-state index in [0.717, 1.165) is 25.3 Å². The molecule has 1 aromatic carbocycles. The van der Waals surface area contributed by atoms with E-state index in [1.54, 1.807) is 7.11 Å². The monoisotopic (exact) mass is 250 g/mol. The molecule has 1 N–H and O–H groups in total. The zero-order chi connectivity index (χ0) is 13.5. The maximum atomic E-state index is 5.45. The summed E-state index contributed by atoms with van der Waals surface area (Å²) in [5.41, 5.74) is 2.53. The van der Waals surface area contributed by atoms with Crippen LogP contribution in [0.4, 0.5) is 5.69 Å². The summed E-state index contributed by atoms with van der Waals surface area (Å²) in [6.45, 7) is 6.49. The van der Waals surface area contributed by atoms with E-state index in [0.29, 0.717) is 5.92 Å². The molecule has 0 amide bonds. The number of hydrogen-bond donors (Lipinski definition) is 1. The number of benzene rings is 1. The molecule has 0 aliphatic rings. The van der Waals surface area contributed by atoms with Gasteiger partial charge in [-0.3, -0.25) is 0 Å². The van der Waals surface area contributed by atoms with Crippen LogP contribution < -0.4 is 15.0 Å². The Labute approximate surface area is 111 Å². The largest absolute Gasteiger partial charge is 0.495 e. The van der Waals surface area contributed by atoms with E-state index in [1.807, 2.05) is 7.05 Å². The molecule has 18 heavy (non-hydrogen) atoms. The Bertz CT molecular complexity index is 364. The first-order chi connectivity index (χ1) is 8.60. The predicted molar refractivity (Wildman–Crippen MR) is 78.9 cm³/mol. The second-order valence-corrected chi connectivity index (χ2v) is 4.96. The van der Waals surface area contributed by atoms with Gasteiger partial charge in [0, 0.05) is 13.6 Å². The fourth-order valence-corrected chi connectivity index (χ4v) is 1.98. The second kappa shape index (κ2) is 7.27. The van der Waals surface area contributed by atoms with Gasteiger partial charge in [0.15, 0.2) is 0 Å². The maximum Gasteiger partial charge on any atom is 0.142 e. The number of rotatable bonds is 7. The molecule has 3 nitrogen and oxygen atoms in total. The van der Waals surface area contributed by atoms with E-state index in [1.165, 1.54) is 11.3 Å². The van der Waals surface area contributed by atoms with Crippen molar-refractivity contribution in [2.75, 3.05) is 39.2 Å². The lowest BCUT2D eigenvalue weighted by molar-refractivity contribution is 0.414. The van der Waals surface area contributed by atoms with Gasteiger partial charge < -0.3 is 15.0 Å². The van der Waals surface area contributed by atoms with E-state index in [9.17, 15) is 0 Å². The normalized spacial score (nSPS) is 10.8. The zero-order valence-electron chi connectivity index (χ0n) is 12.3. The van der Waals surface area contributed by atoms with E-state index in [-0.39, 0.29) is 0 Å². The molecule has 0 aromatic heterocycles. The Kier molecular flexibility index (Phi) is 5.99. The van der Waals surface area contributed by atoms with E-state index < -0.39 is 0 Å². The number of nitrogens with zero attached hydrogens (tertiary/aromatic N) is 1. The zero-order valence-corrected chi connectivity index (χ0v) is 12.3. The molecule has 1 aromatic rings. The molecule has 0 aliphatic heterocycles. The van der Waals surface area contributed by atoms with Crippen LogP contribution in [0.25, 0.3) is 0 Å². The molecule has 0 heterocycles. The van der Waals surface area contributed by atoms with Gasteiger partial charge in [0.25, 0.3) is 0 Å². The molecule has 0 spiro atoms. The first-order valence-electron chi connectivity index (χ1n) is 6.63. The van der Waals surface area contributed by atoms with Crippen LogP contribution >= 0.6 is 0 Å². The molecule has 0 aliphatic carbocycles. The molecule has 1 rings (SSSR count). The van der Waals surface area contributed by atoms with Crippen molar-refractivity contribution in [1.82, 2.24) is 5.32 Å². The summed E-state index contributed by atoms with van der Waals surface area (Å²) >= 11 is 0. The first-order valence-corrected chi connectivity index (χ1v) is 6.63. The van der Waals surface area contributed by atoms with Gasteiger partial charge in [0.05, 0.1) is 12.8 Å². The molecule has 3 heteroatoms. The quantitative estimate of drug-likeness (QED) is 0.753. The second-order valence-electron chi connectivity index (χ2n) is 4.96. The minimum absolute atomic E-state index is 0.542. The molecule has 0 atom stereocenters. The molecule has 0 saturated heterocycles. The fourth-order valence-electron chi connectivity index (χ4n) is 1.98. The molecule has 0 unspecified atom stereocenters. The number of anilines is 1. The van der Waals surface area contributed by atoms with Crippen LogP contribution in [0.5, 0.6) is 5.75 Å². The lowest BCUT2D eigenvalue weighted by atomic mass is 10.0. The average molecular weight is 250 g/mol. The smallest absolute Gasteiger partial charge is 0.142 e.